The van der Waals surface area contributed by atoms with E-state index in [1.165, 1.54) is 16.7 Å². The third-order valence-electron chi connectivity index (χ3n) is 2.75. The van der Waals surface area contributed by atoms with Crippen LogP contribution < -0.4 is 5.69 Å². The Hall–Kier alpha value is -2.87. The molecule has 0 radical (unpaired) electrons. The lowest BCUT2D eigenvalue weighted by Gasteiger charge is -2.03. The molecule has 0 saturated heterocycles. The minimum absolute atomic E-state index is 0.106. The second kappa shape index (κ2) is 4.91. The van der Waals surface area contributed by atoms with Crippen molar-refractivity contribution < 1.29 is 9.34 Å². The van der Waals surface area contributed by atoms with Gasteiger partial charge < -0.3 is 4.42 Å². The van der Waals surface area contributed by atoms with Crippen molar-refractivity contribution in [2.75, 3.05) is 0 Å². The lowest BCUT2D eigenvalue weighted by molar-refractivity contribution is -0.401. The Balaban J connectivity index is 2.14. The van der Waals surface area contributed by atoms with Crippen molar-refractivity contribution in [2.45, 2.75) is 0 Å². The predicted octanol–water partition coefficient (Wildman–Crippen LogP) is 2.38. The molecule has 8 nitrogen and oxygen atoms in total. The van der Waals surface area contributed by atoms with Crippen molar-refractivity contribution in [3.63, 3.8) is 0 Å². The molecule has 21 heavy (non-hydrogen) atoms. The molecule has 0 unspecified atom stereocenters. The van der Waals surface area contributed by atoms with Gasteiger partial charge in [-0.05, 0) is 30.3 Å². The molecular weight excluding hydrogens is 300 g/mol. The number of rotatable bonds is 3. The fraction of sp³-hybridized carbons (Fsp3) is 0. The molecule has 9 heteroatoms. The van der Waals surface area contributed by atoms with Crippen molar-refractivity contribution in [3.8, 4) is 17.3 Å². The number of furan rings is 1. The molecule has 0 aliphatic heterocycles. The normalized spacial score (nSPS) is 10.7. The van der Waals surface area contributed by atoms with Gasteiger partial charge in [-0.2, -0.15) is 0 Å². The molecule has 0 amide bonds. The molecule has 0 bridgehead atoms. The number of nitrogens with one attached hydrogen (secondary N) is 1. The first kappa shape index (κ1) is 13.1. The summed E-state index contributed by atoms with van der Waals surface area (Å²) in [6.07, 6.45) is 0. The molecule has 3 aromatic rings. The fourth-order valence-corrected chi connectivity index (χ4v) is 1.96. The zero-order valence-corrected chi connectivity index (χ0v) is 11.1. The Kier molecular flexibility index (Phi) is 3.07. The van der Waals surface area contributed by atoms with Gasteiger partial charge >= 0.3 is 11.6 Å². The van der Waals surface area contributed by atoms with Gasteiger partial charge in [0.1, 0.15) is 4.92 Å². The number of benzene rings is 1. The van der Waals surface area contributed by atoms with E-state index in [4.69, 9.17) is 16.0 Å². The van der Waals surface area contributed by atoms with Crippen molar-refractivity contribution in [1.29, 1.82) is 0 Å². The first-order valence-corrected chi connectivity index (χ1v) is 6.12. The molecule has 0 aliphatic carbocycles. The first-order valence-electron chi connectivity index (χ1n) is 5.74. The topological polar surface area (TPSA) is 107 Å². The van der Waals surface area contributed by atoms with Crippen LogP contribution in [-0.4, -0.2) is 19.7 Å². The number of nitro groups is 1. The van der Waals surface area contributed by atoms with Gasteiger partial charge in [0, 0.05) is 5.02 Å². The lowest BCUT2D eigenvalue weighted by atomic mass is 10.3. The Morgan fingerprint density at radius 3 is 2.57 bits per heavy atom. The van der Waals surface area contributed by atoms with Gasteiger partial charge in [-0.3, -0.25) is 10.1 Å². The highest BCUT2D eigenvalue weighted by atomic mass is 35.5. The molecule has 2 aromatic heterocycles. The van der Waals surface area contributed by atoms with E-state index in [9.17, 15) is 14.9 Å². The number of hydrogen-bond acceptors (Lipinski definition) is 5. The summed E-state index contributed by atoms with van der Waals surface area (Å²) in [7, 11) is 0. The number of hydrogen-bond donors (Lipinski definition) is 1. The molecule has 0 aliphatic rings. The van der Waals surface area contributed by atoms with E-state index < -0.39 is 16.5 Å². The van der Waals surface area contributed by atoms with E-state index in [-0.39, 0.29) is 11.6 Å². The molecule has 106 valence electrons. The maximum atomic E-state index is 11.9. The van der Waals surface area contributed by atoms with E-state index in [0.717, 1.165) is 0 Å². The quantitative estimate of drug-likeness (QED) is 0.590. The molecule has 0 spiro atoms. The van der Waals surface area contributed by atoms with Crippen LogP contribution in [0.2, 0.25) is 5.02 Å². The summed E-state index contributed by atoms with van der Waals surface area (Å²) < 4.78 is 6.30. The summed E-state index contributed by atoms with van der Waals surface area (Å²) in [6, 6.07) is 9.05. The van der Waals surface area contributed by atoms with Gasteiger partial charge in [0.05, 0.1) is 11.8 Å². The van der Waals surface area contributed by atoms with E-state index >= 15 is 0 Å². The average molecular weight is 307 g/mol. The van der Waals surface area contributed by atoms with Gasteiger partial charge in [0.25, 0.3) is 0 Å². The van der Waals surface area contributed by atoms with Crippen molar-refractivity contribution in [3.05, 3.63) is 62.0 Å². The molecule has 1 N–H and O–H groups in total. The molecular formula is C12H7ClN4O4. The highest BCUT2D eigenvalue weighted by Crippen LogP contribution is 2.25. The number of H-pyrrole nitrogens is 1. The summed E-state index contributed by atoms with van der Waals surface area (Å²) >= 11 is 5.80. The first-order chi connectivity index (χ1) is 10.1. The Bertz CT molecular complexity index is 862. The molecule has 0 fully saturated rings. The molecule has 2 heterocycles. The van der Waals surface area contributed by atoms with Crippen LogP contribution in [0.1, 0.15) is 0 Å². The molecule has 0 atom stereocenters. The number of aromatic nitrogens is 3. The maximum Gasteiger partial charge on any atom is 0.433 e. The van der Waals surface area contributed by atoms with Crippen LogP contribution in [0.4, 0.5) is 5.88 Å². The second-order valence-corrected chi connectivity index (χ2v) is 4.50. The summed E-state index contributed by atoms with van der Waals surface area (Å²) in [4.78, 5) is 21.9. The average Bonchev–Trinajstić information content (AvgIpc) is 3.06. The highest BCUT2D eigenvalue weighted by Gasteiger charge is 2.19. The zero-order valence-electron chi connectivity index (χ0n) is 10.3. The maximum absolute atomic E-state index is 11.9. The van der Waals surface area contributed by atoms with Crippen LogP contribution in [0, 0.1) is 10.1 Å². The standard InChI is InChI=1S/C12H7ClN4O4/c13-7-1-3-8(4-2-7)16-11(14-15-12(16)18)9-5-6-10(21-9)17(19)20/h1-6H,(H,15,18). The van der Waals surface area contributed by atoms with E-state index in [1.807, 2.05) is 0 Å². The number of halogens is 1. The van der Waals surface area contributed by atoms with Crippen LogP contribution in [-0.2, 0) is 0 Å². The van der Waals surface area contributed by atoms with Crippen LogP contribution in [0.25, 0.3) is 17.3 Å². The van der Waals surface area contributed by atoms with Crippen molar-refractivity contribution in [2.24, 2.45) is 0 Å². The monoisotopic (exact) mass is 306 g/mol. The fourth-order valence-electron chi connectivity index (χ4n) is 1.84. The van der Waals surface area contributed by atoms with E-state index in [1.54, 1.807) is 24.3 Å². The van der Waals surface area contributed by atoms with Crippen molar-refractivity contribution in [1.82, 2.24) is 14.8 Å². The van der Waals surface area contributed by atoms with Crippen LogP contribution in [0.5, 0.6) is 0 Å². The zero-order chi connectivity index (χ0) is 15.0. The third kappa shape index (κ3) is 2.32. The van der Waals surface area contributed by atoms with E-state index in [2.05, 4.69) is 10.2 Å². The summed E-state index contributed by atoms with van der Waals surface area (Å²) in [6.45, 7) is 0. The van der Waals surface area contributed by atoms with Gasteiger partial charge in [0.2, 0.25) is 5.82 Å². The Morgan fingerprint density at radius 2 is 1.95 bits per heavy atom. The van der Waals surface area contributed by atoms with Gasteiger partial charge in [-0.15, -0.1) is 5.10 Å². The largest absolute Gasteiger partial charge is 0.433 e. The van der Waals surface area contributed by atoms with E-state index in [0.29, 0.717) is 10.7 Å². The molecule has 0 saturated carbocycles. The summed E-state index contributed by atoms with van der Waals surface area (Å²) in [5.74, 6) is -0.187. The number of nitrogens with zero attached hydrogens (tertiary/aromatic N) is 3. The van der Waals surface area contributed by atoms with Crippen LogP contribution in [0.3, 0.4) is 0 Å². The molecule has 3 rings (SSSR count). The van der Waals surface area contributed by atoms with Gasteiger partial charge in [0.15, 0.2) is 5.76 Å². The Morgan fingerprint density at radius 1 is 1.24 bits per heavy atom. The third-order valence-corrected chi connectivity index (χ3v) is 3.00. The lowest BCUT2D eigenvalue weighted by Crippen LogP contribution is -2.15. The SMILES string of the molecule is O=c1[nH]nc(-c2ccc([N+](=O)[O-])o2)n1-c1ccc(Cl)cc1. The summed E-state index contributed by atoms with van der Waals surface area (Å²) in [5, 5.41) is 17.3. The summed E-state index contributed by atoms with van der Waals surface area (Å²) in [5.41, 5.74) is 0.0126. The minimum atomic E-state index is -0.666. The van der Waals surface area contributed by atoms with Gasteiger partial charge in [-0.25, -0.2) is 14.5 Å². The second-order valence-electron chi connectivity index (χ2n) is 4.06. The van der Waals surface area contributed by atoms with Crippen molar-refractivity contribution >= 4 is 17.5 Å². The highest BCUT2D eigenvalue weighted by molar-refractivity contribution is 6.30. The Labute approximate surface area is 121 Å². The number of aromatic amines is 1. The minimum Gasteiger partial charge on any atom is -0.397 e. The van der Waals surface area contributed by atoms with Crippen LogP contribution in [0.15, 0.2) is 45.6 Å². The van der Waals surface area contributed by atoms with Crippen LogP contribution >= 0.6 is 11.6 Å². The predicted molar refractivity (Wildman–Crippen MR) is 73.6 cm³/mol. The smallest absolute Gasteiger partial charge is 0.397 e. The molecule has 1 aromatic carbocycles. The van der Waals surface area contributed by atoms with Gasteiger partial charge in [-0.1, -0.05) is 11.6 Å².